The van der Waals surface area contributed by atoms with E-state index in [1.54, 1.807) is 0 Å². The molecule has 1 fully saturated rings. The lowest BCUT2D eigenvalue weighted by atomic mass is 10.2. The Bertz CT molecular complexity index is 344. The molecule has 0 amide bonds. The van der Waals surface area contributed by atoms with Crippen LogP contribution in [-0.2, 0) is 6.54 Å². The maximum Gasteiger partial charge on any atom is 0.0409 e. The summed E-state index contributed by atoms with van der Waals surface area (Å²) in [6, 6.07) is 8.75. The van der Waals surface area contributed by atoms with E-state index in [0.717, 1.165) is 18.1 Å². The molecule has 17 heavy (non-hydrogen) atoms. The van der Waals surface area contributed by atoms with Gasteiger partial charge in [0.25, 0.3) is 0 Å². The van der Waals surface area contributed by atoms with E-state index in [-0.39, 0.29) is 12.4 Å². The van der Waals surface area contributed by atoms with Crippen molar-refractivity contribution in [2.75, 3.05) is 20.1 Å². The third kappa shape index (κ3) is 4.47. The van der Waals surface area contributed by atoms with Gasteiger partial charge in [0.1, 0.15) is 0 Å². The molecule has 4 heteroatoms. The van der Waals surface area contributed by atoms with Gasteiger partial charge in [-0.05, 0) is 44.1 Å². The van der Waals surface area contributed by atoms with Crippen molar-refractivity contribution in [2.45, 2.75) is 25.4 Å². The number of hydrogen-bond acceptors (Lipinski definition) is 2. The normalized spacial score (nSPS) is 20.2. The van der Waals surface area contributed by atoms with Gasteiger partial charge >= 0.3 is 0 Å². The summed E-state index contributed by atoms with van der Waals surface area (Å²) < 4.78 is 0. The van der Waals surface area contributed by atoms with E-state index in [4.69, 9.17) is 11.6 Å². The number of hydrogen-bond donors (Lipinski definition) is 1. The quantitative estimate of drug-likeness (QED) is 0.909. The van der Waals surface area contributed by atoms with Gasteiger partial charge in [-0.25, -0.2) is 0 Å². The maximum absolute atomic E-state index is 5.94. The van der Waals surface area contributed by atoms with Gasteiger partial charge in [0, 0.05) is 24.2 Å². The minimum atomic E-state index is 0. The molecule has 1 unspecified atom stereocenters. The number of rotatable bonds is 4. The van der Waals surface area contributed by atoms with Crippen LogP contribution in [0.1, 0.15) is 18.4 Å². The van der Waals surface area contributed by atoms with Gasteiger partial charge in [-0.2, -0.15) is 0 Å². The fourth-order valence-corrected chi connectivity index (χ4v) is 2.48. The minimum absolute atomic E-state index is 0. The van der Waals surface area contributed by atoms with Crippen LogP contribution in [0.15, 0.2) is 24.3 Å². The van der Waals surface area contributed by atoms with Gasteiger partial charge in [0.15, 0.2) is 0 Å². The third-order valence-electron chi connectivity index (χ3n) is 3.27. The molecule has 0 saturated carbocycles. The molecule has 1 saturated heterocycles. The second-order valence-corrected chi connectivity index (χ2v) is 4.97. The van der Waals surface area contributed by atoms with Crippen molar-refractivity contribution < 1.29 is 0 Å². The summed E-state index contributed by atoms with van der Waals surface area (Å²) in [7, 11) is 2.21. The predicted octanol–water partition coefficient (Wildman–Crippen LogP) is 2.95. The first-order chi connectivity index (χ1) is 7.75. The Morgan fingerprint density at radius 3 is 2.94 bits per heavy atom. The molecular formula is C13H20Cl2N2. The zero-order valence-corrected chi connectivity index (χ0v) is 11.7. The Balaban J connectivity index is 0.00000144. The van der Waals surface area contributed by atoms with E-state index >= 15 is 0 Å². The second kappa shape index (κ2) is 7.22. The fraction of sp³-hybridized carbons (Fsp3) is 0.538. The lowest BCUT2D eigenvalue weighted by Crippen LogP contribution is -2.35. The van der Waals surface area contributed by atoms with E-state index in [0.29, 0.717) is 6.04 Å². The van der Waals surface area contributed by atoms with Gasteiger partial charge in [0.2, 0.25) is 0 Å². The summed E-state index contributed by atoms with van der Waals surface area (Å²) >= 11 is 5.94. The van der Waals surface area contributed by atoms with Crippen LogP contribution >= 0.6 is 24.0 Å². The Morgan fingerprint density at radius 1 is 1.47 bits per heavy atom. The number of halogens is 2. The number of benzene rings is 1. The van der Waals surface area contributed by atoms with Crippen LogP contribution in [0, 0.1) is 0 Å². The molecule has 0 bridgehead atoms. The third-order valence-corrected chi connectivity index (χ3v) is 3.50. The van der Waals surface area contributed by atoms with Crippen LogP contribution in [0.3, 0.4) is 0 Å². The average molecular weight is 275 g/mol. The topological polar surface area (TPSA) is 15.3 Å². The molecule has 0 radical (unpaired) electrons. The molecule has 0 aliphatic carbocycles. The highest BCUT2D eigenvalue weighted by molar-refractivity contribution is 6.30. The van der Waals surface area contributed by atoms with Gasteiger partial charge in [-0.1, -0.05) is 23.7 Å². The molecule has 1 heterocycles. The fourth-order valence-electron chi connectivity index (χ4n) is 2.27. The van der Waals surface area contributed by atoms with E-state index in [9.17, 15) is 0 Å². The molecule has 0 aromatic heterocycles. The van der Waals surface area contributed by atoms with Gasteiger partial charge in [-0.3, -0.25) is 0 Å². The van der Waals surface area contributed by atoms with Crippen molar-refractivity contribution in [2.24, 2.45) is 0 Å². The molecule has 1 atom stereocenters. The Hall–Kier alpha value is -0.280. The monoisotopic (exact) mass is 274 g/mol. The van der Waals surface area contributed by atoms with Crippen molar-refractivity contribution in [3.8, 4) is 0 Å². The molecular weight excluding hydrogens is 255 g/mol. The van der Waals surface area contributed by atoms with Gasteiger partial charge in [-0.15, -0.1) is 12.4 Å². The maximum atomic E-state index is 5.94. The lowest BCUT2D eigenvalue weighted by Gasteiger charge is -2.19. The summed E-state index contributed by atoms with van der Waals surface area (Å²) in [5.41, 5.74) is 1.26. The van der Waals surface area contributed by atoms with Crippen molar-refractivity contribution in [1.82, 2.24) is 10.2 Å². The number of nitrogens with zero attached hydrogens (tertiary/aromatic N) is 1. The van der Waals surface area contributed by atoms with E-state index < -0.39 is 0 Å². The molecule has 2 nitrogen and oxygen atoms in total. The van der Waals surface area contributed by atoms with Crippen LogP contribution in [0.5, 0.6) is 0 Å². The van der Waals surface area contributed by atoms with Gasteiger partial charge in [0.05, 0.1) is 0 Å². The molecule has 1 N–H and O–H groups in total. The van der Waals surface area contributed by atoms with E-state index in [1.165, 1.54) is 24.9 Å². The van der Waals surface area contributed by atoms with Crippen molar-refractivity contribution in [3.63, 3.8) is 0 Å². The Labute approximate surface area is 115 Å². The van der Waals surface area contributed by atoms with Crippen molar-refractivity contribution >= 4 is 24.0 Å². The SMILES string of the molecule is CN1CCCC1CNCc1cccc(Cl)c1.Cl. The predicted molar refractivity (Wildman–Crippen MR) is 76.1 cm³/mol. The molecule has 2 rings (SSSR count). The van der Waals surface area contributed by atoms with Gasteiger partial charge < -0.3 is 10.2 Å². The Morgan fingerprint density at radius 2 is 2.29 bits per heavy atom. The summed E-state index contributed by atoms with van der Waals surface area (Å²) in [5, 5.41) is 4.32. The number of likely N-dealkylation sites (tertiary alicyclic amines) is 1. The average Bonchev–Trinajstić information content (AvgIpc) is 2.65. The summed E-state index contributed by atoms with van der Waals surface area (Å²) in [6.45, 7) is 3.22. The lowest BCUT2D eigenvalue weighted by molar-refractivity contribution is 0.300. The van der Waals surface area contributed by atoms with Crippen LogP contribution in [-0.4, -0.2) is 31.1 Å². The Kier molecular flexibility index (Phi) is 6.28. The van der Waals surface area contributed by atoms with Crippen LogP contribution in [0.2, 0.25) is 5.02 Å². The molecule has 1 aromatic rings. The highest BCUT2D eigenvalue weighted by atomic mass is 35.5. The van der Waals surface area contributed by atoms with Crippen molar-refractivity contribution in [3.05, 3.63) is 34.9 Å². The first-order valence-electron chi connectivity index (χ1n) is 5.91. The van der Waals surface area contributed by atoms with Crippen LogP contribution < -0.4 is 5.32 Å². The summed E-state index contributed by atoms with van der Waals surface area (Å²) in [6.07, 6.45) is 2.65. The van der Waals surface area contributed by atoms with E-state index in [2.05, 4.69) is 23.3 Å². The van der Waals surface area contributed by atoms with Crippen molar-refractivity contribution in [1.29, 1.82) is 0 Å². The molecule has 1 aliphatic rings. The van der Waals surface area contributed by atoms with Crippen LogP contribution in [0.25, 0.3) is 0 Å². The molecule has 0 spiro atoms. The molecule has 1 aromatic carbocycles. The molecule has 1 aliphatic heterocycles. The zero-order chi connectivity index (χ0) is 11.4. The standard InChI is InChI=1S/C13H19ClN2.ClH/c1-16-7-3-6-13(16)10-15-9-11-4-2-5-12(14)8-11;/h2,4-5,8,13,15H,3,6-7,9-10H2,1H3;1H. The highest BCUT2D eigenvalue weighted by Crippen LogP contribution is 2.14. The highest BCUT2D eigenvalue weighted by Gasteiger charge is 2.19. The first kappa shape index (κ1) is 14.8. The number of likely N-dealkylation sites (N-methyl/N-ethyl adjacent to an activating group) is 1. The largest absolute Gasteiger partial charge is 0.311 e. The van der Waals surface area contributed by atoms with Crippen LogP contribution in [0.4, 0.5) is 0 Å². The zero-order valence-electron chi connectivity index (χ0n) is 10.2. The molecule has 96 valence electrons. The first-order valence-corrected chi connectivity index (χ1v) is 6.29. The van der Waals surface area contributed by atoms with E-state index in [1.807, 2.05) is 18.2 Å². The summed E-state index contributed by atoms with van der Waals surface area (Å²) in [4.78, 5) is 2.44. The minimum Gasteiger partial charge on any atom is -0.311 e. The number of nitrogens with one attached hydrogen (secondary N) is 1. The second-order valence-electron chi connectivity index (χ2n) is 4.54. The summed E-state index contributed by atoms with van der Waals surface area (Å²) in [5.74, 6) is 0. The smallest absolute Gasteiger partial charge is 0.0409 e.